The monoisotopic (exact) mass is 223 g/mol. The molecule has 2 nitrogen and oxygen atoms in total. The Bertz CT molecular complexity index is 357. The number of hydrogen-bond acceptors (Lipinski definition) is 2. The molecule has 0 atom stereocenters. The second-order valence-electron chi connectivity index (χ2n) is 3.06. The minimum Gasteiger partial charge on any atom is -0.491 e. The Balaban J connectivity index is 2.78. The molecular weight excluding hydrogens is 210 g/mol. The Morgan fingerprint density at radius 2 is 2.33 bits per heavy atom. The molecular formula is C12H14ClNO. The van der Waals surface area contributed by atoms with E-state index in [9.17, 15) is 0 Å². The van der Waals surface area contributed by atoms with Crippen LogP contribution in [-0.4, -0.2) is 13.7 Å². The summed E-state index contributed by atoms with van der Waals surface area (Å²) in [7, 11) is 1.88. The van der Waals surface area contributed by atoms with Gasteiger partial charge in [0.15, 0.2) is 0 Å². The molecule has 0 aromatic heterocycles. The van der Waals surface area contributed by atoms with Crippen LogP contribution in [0.15, 0.2) is 18.2 Å². The van der Waals surface area contributed by atoms with Gasteiger partial charge >= 0.3 is 0 Å². The van der Waals surface area contributed by atoms with Crippen LogP contribution in [0.2, 0.25) is 5.02 Å². The number of hydrogen-bond donors (Lipinski definition) is 1. The lowest BCUT2D eigenvalue weighted by Crippen LogP contribution is -2.08. The smallest absolute Gasteiger partial charge is 0.142 e. The van der Waals surface area contributed by atoms with Crippen molar-refractivity contribution in [2.24, 2.45) is 0 Å². The van der Waals surface area contributed by atoms with E-state index in [1.54, 1.807) is 0 Å². The van der Waals surface area contributed by atoms with E-state index in [4.69, 9.17) is 22.8 Å². The first-order valence-corrected chi connectivity index (χ1v) is 5.15. The lowest BCUT2D eigenvalue weighted by atomic mass is 10.2. The third-order valence-electron chi connectivity index (χ3n) is 1.91. The highest BCUT2D eigenvalue weighted by Gasteiger charge is 2.06. The fourth-order valence-electron chi connectivity index (χ4n) is 1.26. The number of para-hydroxylation sites is 1. The zero-order valence-corrected chi connectivity index (χ0v) is 9.47. The summed E-state index contributed by atoms with van der Waals surface area (Å²) < 4.78 is 5.55. The minimum atomic E-state index is 0.497. The fourth-order valence-corrected chi connectivity index (χ4v) is 1.51. The first-order valence-electron chi connectivity index (χ1n) is 4.78. The summed E-state index contributed by atoms with van der Waals surface area (Å²) in [5.41, 5.74) is 1.04. The van der Waals surface area contributed by atoms with Crippen molar-refractivity contribution in [1.29, 1.82) is 0 Å². The Hall–Kier alpha value is -1.17. The zero-order valence-electron chi connectivity index (χ0n) is 8.72. The standard InChI is InChI=1S/C12H14ClNO/c1-3-4-8-15-12-10(9-14-2)6-5-7-11(12)13/h1,5-7,14H,4,8-9H2,2H3. The van der Waals surface area contributed by atoms with Crippen molar-refractivity contribution in [3.63, 3.8) is 0 Å². The maximum atomic E-state index is 6.04. The highest BCUT2D eigenvalue weighted by Crippen LogP contribution is 2.28. The quantitative estimate of drug-likeness (QED) is 0.612. The molecule has 0 aliphatic heterocycles. The van der Waals surface area contributed by atoms with Gasteiger partial charge in [-0.2, -0.15) is 0 Å². The Morgan fingerprint density at radius 3 is 3.00 bits per heavy atom. The Kier molecular flexibility index (Phi) is 5.03. The largest absolute Gasteiger partial charge is 0.491 e. The highest BCUT2D eigenvalue weighted by molar-refractivity contribution is 6.32. The molecule has 0 fully saturated rings. The van der Waals surface area contributed by atoms with E-state index in [1.165, 1.54) is 0 Å². The molecule has 0 amide bonds. The van der Waals surface area contributed by atoms with Crippen molar-refractivity contribution >= 4 is 11.6 Å². The predicted molar refractivity (Wildman–Crippen MR) is 63.2 cm³/mol. The Labute approximate surface area is 95.6 Å². The molecule has 1 aromatic rings. The number of benzene rings is 1. The summed E-state index contributed by atoms with van der Waals surface area (Å²) in [6.45, 7) is 1.23. The molecule has 0 radical (unpaired) electrons. The molecule has 3 heteroatoms. The second-order valence-corrected chi connectivity index (χ2v) is 3.47. The van der Waals surface area contributed by atoms with Crippen LogP contribution in [0.3, 0.4) is 0 Å². The average Bonchev–Trinajstić information content (AvgIpc) is 2.23. The summed E-state index contributed by atoms with van der Waals surface area (Å²) in [6.07, 6.45) is 5.74. The van der Waals surface area contributed by atoms with Gasteiger partial charge in [-0.15, -0.1) is 12.3 Å². The number of halogens is 1. The zero-order chi connectivity index (χ0) is 11.1. The topological polar surface area (TPSA) is 21.3 Å². The summed E-state index contributed by atoms with van der Waals surface area (Å²) in [5, 5.41) is 3.69. The second kappa shape index (κ2) is 6.34. The molecule has 0 bridgehead atoms. The van der Waals surface area contributed by atoms with Crippen LogP contribution in [0.4, 0.5) is 0 Å². The van der Waals surface area contributed by atoms with Crippen LogP contribution >= 0.6 is 11.6 Å². The van der Waals surface area contributed by atoms with Crippen LogP contribution in [0, 0.1) is 12.3 Å². The number of nitrogens with one attached hydrogen (secondary N) is 1. The van der Waals surface area contributed by atoms with Crippen LogP contribution in [-0.2, 0) is 6.54 Å². The van der Waals surface area contributed by atoms with Crippen LogP contribution in [0.25, 0.3) is 0 Å². The summed E-state index contributed by atoms with van der Waals surface area (Å²) in [4.78, 5) is 0. The molecule has 0 aliphatic carbocycles. The van der Waals surface area contributed by atoms with Gasteiger partial charge < -0.3 is 10.1 Å². The summed E-state index contributed by atoms with van der Waals surface area (Å²) >= 11 is 6.04. The van der Waals surface area contributed by atoms with Crippen molar-refractivity contribution in [2.45, 2.75) is 13.0 Å². The van der Waals surface area contributed by atoms with E-state index >= 15 is 0 Å². The predicted octanol–water partition coefficient (Wildman–Crippen LogP) is 2.46. The van der Waals surface area contributed by atoms with Crippen molar-refractivity contribution in [3.8, 4) is 18.1 Å². The van der Waals surface area contributed by atoms with Gasteiger partial charge in [0, 0.05) is 18.5 Å². The molecule has 15 heavy (non-hydrogen) atoms. The number of ether oxygens (including phenoxy) is 1. The normalized spacial score (nSPS) is 9.67. The van der Waals surface area contributed by atoms with E-state index in [-0.39, 0.29) is 0 Å². The lowest BCUT2D eigenvalue weighted by molar-refractivity contribution is 0.323. The SMILES string of the molecule is C#CCCOc1c(Cl)cccc1CNC. The average molecular weight is 224 g/mol. The van der Waals surface area contributed by atoms with Gasteiger partial charge in [0.1, 0.15) is 5.75 Å². The van der Waals surface area contributed by atoms with Crippen molar-refractivity contribution in [1.82, 2.24) is 5.32 Å². The molecule has 0 saturated heterocycles. The van der Waals surface area contributed by atoms with Crippen LogP contribution in [0.1, 0.15) is 12.0 Å². The van der Waals surface area contributed by atoms with E-state index < -0.39 is 0 Å². The van der Waals surface area contributed by atoms with Gasteiger partial charge in [-0.05, 0) is 13.1 Å². The molecule has 0 saturated carbocycles. The first kappa shape index (κ1) is 11.9. The Morgan fingerprint density at radius 1 is 1.53 bits per heavy atom. The molecule has 0 unspecified atom stereocenters. The molecule has 0 spiro atoms. The number of terminal acetylenes is 1. The molecule has 80 valence electrons. The van der Waals surface area contributed by atoms with Gasteiger partial charge in [-0.25, -0.2) is 0 Å². The van der Waals surface area contributed by atoms with E-state index in [0.717, 1.165) is 17.9 Å². The first-order chi connectivity index (χ1) is 7.29. The molecule has 0 aliphatic rings. The van der Waals surface area contributed by atoms with E-state index in [0.29, 0.717) is 18.1 Å². The van der Waals surface area contributed by atoms with Crippen molar-refractivity contribution < 1.29 is 4.74 Å². The maximum absolute atomic E-state index is 6.04. The van der Waals surface area contributed by atoms with Crippen molar-refractivity contribution in [2.75, 3.05) is 13.7 Å². The molecule has 0 heterocycles. The third kappa shape index (κ3) is 3.47. The van der Waals surface area contributed by atoms with E-state index in [2.05, 4.69) is 11.2 Å². The highest BCUT2D eigenvalue weighted by atomic mass is 35.5. The maximum Gasteiger partial charge on any atom is 0.142 e. The van der Waals surface area contributed by atoms with Gasteiger partial charge in [0.05, 0.1) is 11.6 Å². The van der Waals surface area contributed by atoms with Gasteiger partial charge in [-0.3, -0.25) is 0 Å². The minimum absolute atomic E-state index is 0.497. The molecule has 1 N–H and O–H groups in total. The van der Waals surface area contributed by atoms with Gasteiger partial charge in [-0.1, -0.05) is 23.7 Å². The van der Waals surface area contributed by atoms with Crippen LogP contribution in [0.5, 0.6) is 5.75 Å². The fraction of sp³-hybridized carbons (Fsp3) is 0.333. The van der Waals surface area contributed by atoms with Gasteiger partial charge in [0.25, 0.3) is 0 Å². The third-order valence-corrected chi connectivity index (χ3v) is 2.21. The van der Waals surface area contributed by atoms with Crippen LogP contribution < -0.4 is 10.1 Å². The molecule has 1 rings (SSSR count). The van der Waals surface area contributed by atoms with Gasteiger partial charge in [0.2, 0.25) is 0 Å². The van der Waals surface area contributed by atoms with Crippen molar-refractivity contribution in [3.05, 3.63) is 28.8 Å². The molecule has 1 aromatic carbocycles. The number of rotatable bonds is 5. The lowest BCUT2D eigenvalue weighted by Gasteiger charge is -2.11. The summed E-state index contributed by atoms with van der Waals surface area (Å²) in [6, 6.07) is 5.70. The van der Waals surface area contributed by atoms with E-state index in [1.807, 2.05) is 25.2 Å². The summed E-state index contributed by atoms with van der Waals surface area (Å²) in [5.74, 6) is 3.25.